The van der Waals surface area contributed by atoms with E-state index in [4.69, 9.17) is 11.6 Å². The highest BCUT2D eigenvalue weighted by Gasteiger charge is 2.25. The van der Waals surface area contributed by atoms with Gasteiger partial charge < -0.3 is 5.32 Å². The minimum absolute atomic E-state index is 0.0236. The number of likely N-dealkylation sites (tertiary alicyclic amines) is 1. The maximum absolute atomic E-state index is 12.7. The largest absolute Gasteiger partial charge is 0.325 e. The average Bonchev–Trinajstić information content (AvgIpc) is 2.86. The van der Waals surface area contributed by atoms with Crippen molar-refractivity contribution in [1.29, 1.82) is 0 Å². The number of carbonyl (C=O) groups excluding carboxylic acids is 1. The molecule has 1 amide bonds. The molecule has 1 aromatic rings. The summed E-state index contributed by atoms with van der Waals surface area (Å²) in [4.78, 5) is 14.5. The molecule has 0 saturated carbocycles. The van der Waals surface area contributed by atoms with Crippen LogP contribution < -0.4 is 5.32 Å². The molecule has 0 aliphatic carbocycles. The molecule has 2 rings (SSSR count). The van der Waals surface area contributed by atoms with Crippen LogP contribution in [0.5, 0.6) is 0 Å². The molecule has 1 aliphatic rings. The van der Waals surface area contributed by atoms with Crippen LogP contribution in [-0.4, -0.2) is 56.3 Å². The van der Waals surface area contributed by atoms with Crippen molar-refractivity contribution >= 4 is 33.2 Å². The molecular weight excluding hydrogens is 374 g/mol. The fraction of sp³-hybridized carbons (Fsp3) is 0.611. The number of amides is 1. The molecule has 0 spiro atoms. The molecule has 26 heavy (non-hydrogen) atoms. The third-order valence-corrected chi connectivity index (χ3v) is 7.14. The van der Waals surface area contributed by atoms with Gasteiger partial charge in [-0.1, -0.05) is 38.3 Å². The molecule has 1 N–H and O–H groups in total. The van der Waals surface area contributed by atoms with E-state index in [2.05, 4.69) is 10.2 Å². The number of hydrogen-bond donors (Lipinski definition) is 1. The van der Waals surface area contributed by atoms with Crippen molar-refractivity contribution in [2.75, 3.05) is 38.0 Å². The molecule has 8 heteroatoms. The Bertz CT molecular complexity index is 712. The molecule has 0 atom stereocenters. The molecule has 1 heterocycles. The Hall–Kier alpha value is -1.15. The lowest BCUT2D eigenvalue weighted by Crippen LogP contribution is -2.34. The van der Waals surface area contributed by atoms with Gasteiger partial charge in [-0.3, -0.25) is 9.69 Å². The molecule has 146 valence electrons. The van der Waals surface area contributed by atoms with Crippen LogP contribution in [-0.2, 0) is 14.8 Å². The predicted molar refractivity (Wildman–Crippen MR) is 105 cm³/mol. The zero-order chi connectivity index (χ0) is 19.2. The summed E-state index contributed by atoms with van der Waals surface area (Å²) in [5.41, 5.74) is 0.444. The van der Waals surface area contributed by atoms with E-state index in [1.165, 1.54) is 29.3 Å². The number of sulfonamides is 1. The SMILES string of the molecule is CCN(CC)S(=O)(=O)c1cc(NC(=O)CN2CCCCCC2)ccc1Cl. The summed E-state index contributed by atoms with van der Waals surface area (Å²) in [6, 6.07) is 4.58. The lowest BCUT2D eigenvalue weighted by atomic mass is 10.2. The molecule has 0 radical (unpaired) electrons. The topological polar surface area (TPSA) is 69.7 Å². The van der Waals surface area contributed by atoms with Gasteiger partial charge in [0.25, 0.3) is 0 Å². The second-order valence-electron chi connectivity index (χ2n) is 6.47. The van der Waals surface area contributed by atoms with Gasteiger partial charge in [0.05, 0.1) is 11.6 Å². The highest BCUT2D eigenvalue weighted by atomic mass is 35.5. The van der Waals surface area contributed by atoms with Gasteiger partial charge in [0.2, 0.25) is 15.9 Å². The summed E-state index contributed by atoms with van der Waals surface area (Å²) in [5.74, 6) is -0.139. The Morgan fingerprint density at radius 3 is 2.35 bits per heavy atom. The van der Waals surface area contributed by atoms with Crippen molar-refractivity contribution < 1.29 is 13.2 Å². The summed E-state index contributed by atoms with van der Waals surface area (Å²) in [5, 5.41) is 2.96. The molecule has 6 nitrogen and oxygen atoms in total. The molecule has 0 bridgehead atoms. The molecule has 1 saturated heterocycles. The van der Waals surface area contributed by atoms with Crippen LogP contribution in [0.4, 0.5) is 5.69 Å². The van der Waals surface area contributed by atoms with E-state index >= 15 is 0 Å². The molecule has 0 unspecified atom stereocenters. The Kier molecular flexibility index (Phi) is 7.88. The van der Waals surface area contributed by atoms with Gasteiger partial charge in [0.15, 0.2) is 0 Å². The summed E-state index contributed by atoms with van der Waals surface area (Å²) in [7, 11) is -3.68. The molecule has 1 fully saturated rings. The van der Waals surface area contributed by atoms with Gasteiger partial charge >= 0.3 is 0 Å². The fourth-order valence-electron chi connectivity index (χ4n) is 3.18. The number of benzene rings is 1. The van der Waals surface area contributed by atoms with Crippen molar-refractivity contribution in [2.45, 2.75) is 44.4 Å². The number of hydrogen-bond acceptors (Lipinski definition) is 4. The number of carbonyl (C=O) groups is 1. The first kappa shape index (κ1) is 21.2. The number of nitrogens with one attached hydrogen (secondary N) is 1. The first-order chi connectivity index (χ1) is 12.4. The van der Waals surface area contributed by atoms with Crippen molar-refractivity contribution in [3.63, 3.8) is 0 Å². The average molecular weight is 402 g/mol. The second kappa shape index (κ2) is 9.69. The highest BCUT2D eigenvalue weighted by Crippen LogP contribution is 2.27. The van der Waals surface area contributed by atoms with Crippen molar-refractivity contribution in [3.8, 4) is 0 Å². The lowest BCUT2D eigenvalue weighted by molar-refractivity contribution is -0.117. The first-order valence-electron chi connectivity index (χ1n) is 9.20. The van der Waals surface area contributed by atoms with Crippen LogP contribution >= 0.6 is 11.6 Å². The molecule has 1 aliphatic heterocycles. The number of nitrogens with zero attached hydrogens (tertiary/aromatic N) is 2. The third-order valence-electron chi connectivity index (χ3n) is 4.60. The quantitative estimate of drug-likeness (QED) is 0.761. The van der Waals surface area contributed by atoms with Gasteiger partial charge in [-0.2, -0.15) is 4.31 Å². The van der Waals surface area contributed by atoms with Crippen LogP contribution in [0.15, 0.2) is 23.1 Å². The summed E-state index contributed by atoms with van der Waals surface area (Å²) < 4.78 is 26.8. The van der Waals surface area contributed by atoms with Crippen LogP contribution in [0.25, 0.3) is 0 Å². The van der Waals surface area contributed by atoms with Gasteiger partial charge in [-0.25, -0.2) is 8.42 Å². The zero-order valence-corrected chi connectivity index (χ0v) is 17.1. The lowest BCUT2D eigenvalue weighted by Gasteiger charge is -2.21. The van der Waals surface area contributed by atoms with Crippen LogP contribution in [0.3, 0.4) is 0 Å². The van der Waals surface area contributed by atoms with E-state index in [-0.39, 0.29) is 15.8 Å². The minimum Gasteiger partial charge on any atom is -0.325 e. The van der Waals surface area contributed by atoms with Crippen LogP contribution in [0, 0.1) is 0 Å². The van der Waals surface area contributed by atoms with Crippen molar-refractivity contribution in [1.82, 2.24) is 9.21 Å². The van der Waals surface area contributed by atoms with E-state index in [9.17, 15) is 13.2 Å². The summed E-state index contributed by atoms with van der Waals surface area (Å²) in [6.45, 7) is 6.46. The van der Waals surface area contributed by atoms with Crippen molar-refractivity contribution in [3.05, 3.63) is 23.2 Å². The Labute approximate surface area is 161 Å². The van der Waals surface area contributed by atoms with Gasteiger partial charge in [-0.05, 0) is 44.1 Å². The number of halogens is 1. The van der Waals surface area contributed by atoms with E-state index in [0.29, 0.717) is 25.3 Å². The maximum atomic E-state index is 12.7. The summed E-state index contributed by atoms with van der Waals surface area (Å²) >= 11 is 6.12. The minimum atomic E-state index is -3.68. The van der Waals surface area contributed by atoms with E-state index < -0.39 is 10.0 Å². The smallest absolute Gasteiger partial charge is 0.244 e. The van der Waals surface area contributed by atoms with Gasteiger partial charge in [0.1, 0.15) is 4.90 Å². The van der Waals surface area contributed by atoms with Crippen LogP contribution in [0.1, 0.15) is 39.5 Å². The predicted octanol–water partition coefficient (Wildman–Crippen LogP) is 3.19. The van der Waals surface area contributed by atoms with Gasteiger partial charge in [-0.15, -0.1) is 0 Å². The standard InChI is InChI=1S/C18H28ClN3O3S/c1-3-22(4-2)26(24,25)17-13-15(9-10-16(17)19)20-18(23)14-21-11-7-5-6-8-12-21/h9-10,13H,3-8,11-12,14H2,1-2H3,(H,20,23). The first-order valence-corrected chi connectivity index (χ1v) is 11.0. The molecule has 0 aromatic heterocycles. The van der Waals surface area contributed by atoms with Gasteiger partial charge in [0, 0.05) is 18.8 Å². The van der Waals surface area contributed by atoms with Crippen LogP contribution in [0.2, 0.25) is 5.02 Å². The Morgan fingerprint density at radius 1 is 1.15 bits per heavy atom. The Balaban J connectivity index is 2.12. The monoisotopic (exact) mass is 401 g/mol. The normalized spacial score (nSPS) is 16.5. The third kappa shape index (κ3) is 5.42. The van der Waals surface area contributed by atoms with E-state index in [0.717, 1.165) is 25.9 Å². The Morgan fingerprint density at radius 2 is 1.77 bits per heavy atom. The number of rotatable bonds is 7. The molecule has 1 aromatic carbocycles. The number of anilines is 1. The second-order valence-corrected chi connectivity index (χ2v) is 8.79. The maximum Gasteiger partial charge on any atom is 0.244 e. The highest BCUT2D eigenvalue weighted by molar-refractivity contribution is 7.89. The molecular formula is C18H28ClN3O3S. The van der Waals surface area contributed by atoms with Crippen molar-refractivity contribution in [2.24, 2.45) is 0 Å². The van der Waals surface area contributed by atoms with E-state index in [1.807, 2.05) is 0 Å². The zero-order valence-electron chi connectivity index (χ0n) is 15.5. The van der Waals surface area contributed by atoms with E-state index in [1.54, 1.807) is 19.9 Å². The fourth-order valence-corrected chi connectivity index (χ4v) is 5.14. The summed E-state index contributed by atoms with van der Waals surface area (Å²) in [6.07, 6.45) is 4.64.